The summed E-state index contributed by atoms with van der Waals surface area (Å²) in [5.74, 6) is 0.778. The minimum Gasteiger partial charge on any atom is -0.352 e. The highest BCUT2D eigenvalue weighted by Crippen LogP contribution is 1.88. The van der Waals surface area contributed by atoms with Crippen LogP contribution in [0.3, 0.4) is 0 Å². The Hall–Kier alpha value is -0.810. The molecular weight excluding hydrogens is 240 g/mol. The topological polar surface area (TPSA) is 55.1 Å². The Morgan fingerprint density at radius 3 is 1.88 bits per heavy atom. The molecule has 16 heavy (non-hydrogen) atoms. The van der Waals surface area contributed by atoms with Crippen molar-refractivity contribution in [2.75, 3.05) is 12.3 Å². The van der Waals surface area contributed by atoms with Crippen molar-refractivity contribution in [3.63, 3.8) is 0 Å². The zero-order valence-electron chi connectivity index (χ0n) is 9.72. The van der Waals surface area contributed by atoms with E-state index in [4.69, 9.17) is 0 Å². The van der Waals surface area contributed by atoms with Gasteiger partial charge in [0.15, 0.2) is 0 Å². The summed E-state index contributed by atoms with van der Waals surface area (Å²) in [5.41, 5.74) is 4.68. The lowest BCUT2D eigenvalue weighted by atomic mass is 10.5. The minimum absolute atomic E-state index is 0.343. The average molecular weight is 262 g/mol. The van der Waals surface area contributed by atoms with E-state index in [1.807, 2.05) is 6.92 Å². The molecule has 0 saturated heterocycles. The second-order valence-corrected chi connectivity index (χ2v) is 3.66. The van der Waals surface area contributed by atoms with Crippen molar-refractivity contribution < 1.29 is 4.79 Å². The standard InChI is InChI=1S/C4H8N2O.C4H8S.C3H6S/c1-2-3-6-4(5)7;1-3-4(2)5;1-2-3-4/h2H,1,3H2,(H3,5,6,7);3-5H,1H2,2H3;2,4H,1,3H2. The number of nitrogens with one attached hydrogen (secondary N) is 1. The Morgan fingerprint density at radius 1 is 1.44 bits per heavy atom. The van der Waals surface area contributed by atoms with Crippen LogP contribution in [0.5, 0.6) is 0 Å². The van der Waals surface area contributed by atoms with Crippen molar-refractivity contribution in [1.82, 2.24) is 5.32 Å². The number of thiol groups is 2. The molecule has 0 aromatic rings. The number of carbonyl (C=O) groups excluding carboxylic acids is 1. The first-order valence-corrected chi connectivity index (χ1v) is 5.77. The van der Waals surface area contributed by atoms with Gasteiger partial charge < -0.3 is 11.1 Å². The molecule has 0 heterocycles. The van der Waals surface area contributed by atoms with Crippen LogP contribution < -0.4 is 11.1 Å². The van der Waals surface area contributed by atoms with E-state index >= 15 is 0 Å². The monoisotopic (exact) mass is 262 g/mol. The van der Waals surface area contributed by atoms with Crippen LogP contribution in [0, 0.1) is 0 Å². The number of urea groups is 1. The summed E-state index contributed by atoms with van der Waals surface area (Å²) in [7, 11) is 0. The summed E-state index contributed by atoms with van der Waals surface area (Å²) in [5, 5.41) is 2.66. The van der Waals surface area contributed by atoms with Gasteiger partial charge in [-0.25, -0.2) is 4.79 Å². The summed E-state index contributed by atoms with van der Waals surface area (Å²) in [6, 6.07) is -0.514. The van der Waals surface area contributed by atoms with Gasteiger partial charge in [-0.2, -0.15) is 25.3 Å². The van der Waals surface area contributed by atoms with Crippen LogP contribution in [0.1, 0.15) is 6.92 Å². The van der Waals surface area contributed by atoms with E-state index in [1.165, 1.54) is 0 Å². The maximum atomic E-state index is 9.82. The number of rotatable bonds is 4. The highest BCUT2D eigenvalue weighted by atomic mass is 32.1. The molecule has 1 atom stereocenters. The highest BCUT2D eigenvalue weighted by Gasteiger charge is 1.81. The number of hydrogen-bond donors (Lipinski definition) is 4. The number of primary amides is 1. The van der Waals surface area contributed by atoms with Crippen LogP contribution in [0.25, 0.3) is 0 Å². The molecule has 0 fully saturated rings. The second-order valence-electron chi connectivity index (χ2n) is 2.48. The molecule has 1 unspecified atom stereocenters. The summed E-state index contributed by atoms with van der Waals surface area (Å²) in [6.07, 6.45) is 5.08. The largest absolute Gasteiger partial charge is 0.352 e. The van der Waals surface area contributed by atoms with Gasteiger partial charge in [-0.1, -0.05) is 25.2 Å². The lowest BCUT2D eigenvalue weighted by Gasteiger charge is -1.90. The van der Waals surface area contributed by atoms with Gasteiger partial charge in [0, 0.05) is 17.5 Å². The number of amides is 2. The van der Waals surface area contributed by atoms with Crippen LogP contribution in [0.4, 0.5) is 4.79 Å². The lowest BCUT2D eigenvalue weighted by Crippen LogP contribution is -2.28. The molecule has 0 rings (SSSR count). The van der Waals surface area contributed by atoms with E-state index in [0.717, 1.165) is 5.75 Å². The zero-order valence-corrected chi connectivity index (χ0v) is 11.5. The Labute approximate surface area is 110 Å². The molecule has 0 saturated carbocycles. The van der Waals surface area contributed by atoms with Crippen LogP contribution in [-0.4, -0.2) is 23.6 Å². The third-order valence-corrected chi connectivity index (χ3v) is 1.36. The van der Waals surface area contributed by atoms with Crippen LogP contribution in [0.15, 0.2) is 38.0 Å². The Bertz CT molecular complexity index is 194. The molecule has 0 aliphatic carbocycles. The quantitative estimate of drug-likeness (QED) is 0.456. The lowest BCUT2D eigenvalue weighted by molar-refractivity contribution is 0.250. The molecule has 3 nitrogen and oxygen atoms in total. The fourth-order valence-corrected chi connectivity index (χ4v) is 0.173. The maximum Gasteiger partial charge on any atom is 0.312 e. The zero-order chi connectivity index (χ0) is 13.4. The van der Waals surface area contributed by atoms with Gasteiger partial charge in [0.2, 0.25) is 0 Å². The van der Waals surface area contributed by atoms with E-state index in [2.05, 4.69) is 56.0 Å². The summed E-state index contributed by atoms with van der Waals surface area (Å²) >= 11 is 7.78. The molecule has 94 valence electrons. The Morgan fingerprint density at radius 2 is 1.81 bits per heavy atom. The first kappa shape index (κ1) is 20.6. The minimum atomic E-state index is -0.514. The molecule has 3 N–H and O–H groups in total. The van der Waals surface area contributed by atoms with Gasteiger partial charge in [-0.15, -0.1) is 19.7 Å². The molecule has 0 radical (unpaired) electrons. The van der Waals surface area contributed by atoms with E-state index in [9.17, 15) is 4.79 Å². The average Bonchev–Trinajstić information content (AvgIpc) is 2.27. The van der Waals surface area contributed by atoms with E-state index in [1.54, 1.807) is 18.2 Å². The van der Waals surface area contributed by atoms with Gasteiger partial charge in [0.25, 0.3) is 0 Å². The molecular formula is C11H22N2OS2. The number of nitrogens with two attached hydrogens (primary N) is 1. The van der Waals surface area contributed by atoms with Crippen LogP contribution in [0.2, 0.25) is 0 Å². The third kappa shape index (κ3) is 51.2. The molecule has 0 aromatic carbocycles. The Kier molecular flexibility index (Phi) is 25.4. The van der Waals surface area contributed by atoms with Crippen LogP contribution in [-0.2, 0) is 0 Å². The van der Waals surface area contributed by atoms with Gasteiger partial charge in [0.05, 0.1) is 0 Å². The van der Waals surface area contributed by atoms with Gasteiger partial charge in [-0.05, 0) is 0 Å². The van der Waals surface area contributed by atoms with E-state index < -0.39 is 6.03 Å². The molecule has 0 aliphatic rings. The van der Waals surface area contributed by atoms with Crippen molar-refractivity contribution >= 4 is 31.3 Å². The van der Waals surface area contributed by atoms with Crippen molar-refractivity contribution in [2.24, 2.45) is 5.73 Å². The van der Waals surface area contributed by atoms with Gasteiger partial charge in [0.1, 0.15) is 0 Å². The van der Waals surface area contributed by atoms with Crippen molar-refractivity contribution in [1.29, 1.82) is 0 Å². The first-order valence-electron chi connectivity index (χ1n) is 4.62. The van der Waals surface area contributed by atoms with Crippen molar-refractivity contribution in [2.45, 2.75) is 12.2 Å². The van der Waals surface area contributed by atoms with Gasteiger partial charge >= 0.3 is 6.03 Å². The molecule has 0 spiro atoms. The first-order chi connectivity index (χ1) is 7.45. The van der Waals surface area contributed by atoms with Gasteiger partial charge in [-0.3, -0.25) is 0 Å². The third-order valence-electron chi connectivity index (χ3n) is 0.891. The molecule has 2 amide bonds. The van der Waals surface area contributed by atoms with E-state index in [-0.39, 0.29) is 0 Å². The second kappa shape index (κ2) is 19.7. The SMILES string of the molecule is C=CC(C)S.C=CCNC(N)=O.C=CCS. The summed E-state index contributed by atoms with van der Waals surface area (Å²) in [6.45, 7) is 12.7. The van der Waals surface area contributed by atoms with E-state index in [0.29, 0.717) is 11.8 Å². The highest BCUT2D eigenvalue weighted by molar-refractivity contribution is 7.81. The summed E-state index contributed by atoms with van der Waals surface area (Å²) in [4.78, 5) is 9.82. The fourth-order valence-electron chi connectivity index (χ4n) is 0.173. The number of carbonyl (C=O) groups is 1. The summed E-state index contributed by atoms with van der Waals surface area (Å²) < 4.78 is 0. The smallest absolute Gasteiger partial charge is 0.312 e. The predicted molar refractivity (Wildman–Crippen MR) is 80.5 cm³/mol. The normalized spacial score (nSPS) is 9.19. The molecule has 0 aromatic heterocycles. The van der Waals surface area contributed by atoms with Crippen molar-refractivity contribution in [3.05, 3.63) is 38.0 Å². The predicted octanol–water partition coefficient (Wildman–Crippen LogP) is 2.43. The van der Waals surface area contributed by atoms with Crippen molar-refractivity contribution in [3.8, 4) is 0 Å². The number of hydrogen-bond acceptors (Lipinski definition) is 3. The molecule has 5 heteroatoms. The molecule has 0 bridgehead atoms. The maximum absolute atomic E-state index is 9.82. The Balaban J connectivity index is -0.000000166. The molecule has 0 aliphatic heterocycles. The van der Waals surface area contributed by atoms with Crippen LogP contribution >= 0.6 is 25.3 Å². The fraction of sp³-hybridized carbons (Fsp3) is 0.364.